The lowest BCUT2D eigenvalue weighted by Crippen LogP contribution is -2.11. The molecular weight excluding hydrogens is 340 g/mol. The van der Waals surface area contributed by atoms with Crippen LogP contribution in [0.1, 0.15) is 0 Å². The molecule has 0 bridgehead atoms. The molecule has 3 aromatic rings. The second kappa shape index (κ2) is 8.06. The van der Waals surface area contributed by atoms with Crippen LogP contribution in [0, 0.1) is 10.1 Å². The zero-order chi connectivity index (χ0) is 19.3. The quantitative estimate of drug-likeness (QED) is 0.546. The Kier molecular flexibility index (Phi) is 5.84. The van der Waals surface area contributed by atoms with Gasteiger partial charge in [-0.1, -0.05) is 12.1 Å². The average Bonchev–Trinajstić information content (AvgIpc) is 2.95. The van der Waals surface area contributed by atoms with E-state index in [0.29, 0.717) is 11.4 Å². The molecule has 1 heterocycles. The Balaban J connectivity index is 0.000000187. The first kappa shape index (κ1) is 18.8. The lowest BCUT2D eigenvalue weighted by Gasteiger charge is -2.05. The number of H-pyrrole nitrogens is 1. The minimum atomic E-state index is -0.468. The van der Waals surface area contributed by atoms with E-state index in [1.54, 1.807) is 44.0 Å². The van der Waals surface area contributed by atoms with Gasteiger partial charge in [0.1, 0.15) is 17.0 Å². The molecule has 2 N–H and O–H groups in total. The fourth-order valence-electron chi connectivity index (χ4n) is 2.47. The van der Waals surface area contributed by atoms with Crippen LogP contribution >= 0.6 is 0 Å². The van der Waals surface area contributed by atoms with E-state index in [0.717, 1.165) is 11.0 Å². The standard InChI is InChI=1S/C9H10N2O2.C8H10N2O3/c1-11-6-4-3-5-7(13-2)8(6)10-9(11)12;1-9-6-4-3-5-7(13-2)8(6)10(11)12/h3-5H,1-2H3,(H,10,12);3-5,9H,1-2H3. The van der Waals surface area contributed by atoms with Crippen molar-refractivity contribution in [2.45, 2.75) is 0 Å². The summed E-state index contributed by atoms with van der Waals surface area (Å²) in [5.74, 6) is 0.951. The van der Waals surface area contributed by atoms with Crippen LogP contribution in [0.4, 0.5) is 11.4 Å². The van der Waals surface area contributed by atoms with Crippen molar-refractivity contribution >= 4 is 22.4 Å². The molecule has 0 aliphatic carbocycles. The monoisotopic (exact) mass is 360 g/mol. The summed E-state index contributed by atoms with van der Waals surface area (Å²) in [6.45, 7) is 0. The topological polar surface area (TPSA) is 111 Å². The molecule has 0 amide bonds. The number of aryl methyl sites for hydroxylation is 1. The van der Waals surface area contributed by atoms with Gasteiger partial charge in [0, 0.05) is 14.1 Å². The third-order valence-corrected chi connectivity index (χ3v) is 3.79. The molecule has 0 aliphatic rings. The number of ether oxygens (including phenoxy) is 2. The number of fused-ring (bicyclic) bond motifs is 1. The first-order valence-corrected chi connectivity index (χ1v) is 7.65. The second-order valence-electron chi connectivity index (χ2n) is 5.21. The molecule has 138 valence electrons. The molecule has 26 heavy (non-hydrogen) atoms. The van der Waals surface area contributed by atoms with Crippen LogP contribution in [0.5, 0.6) is 11.5 Å². The van der Waals surface area contributed by atoms with E-state index >= 15 is 0 Å². The van der Waals surface area contributed by atoms with E-state index in [-0.39, 0.29) is 17.1 Å². The Labute approximate surface area is 149 Å². The van der Waals surface area contributed by atoms with Crippen LogP contribution in [0.3, 0.4) is 0 Å². The normalized spacial score (nSPS) is 10.0. The number of nitro groups is 1. The summed E-state index contributed by atoms with van der Waals surface area (Å²) >= 11 is 0. The van der Waals surface area contributed by atoms with Crippen molar-refractivity contribution in [3.63, 3.8) is 0 Å². The highest BCUT2D eigenvalue weighted by atomic mass is 16.6. The zero-order valence-electron chi connectivity index (χ0n) is 14.9. The van der Waals surface area contributed by atoms with Crippen LogP contribution < -0.4 is 20.5 Å². The van der Waals surface area contributed by atoms with Crippen LogP contribution in [0.25, 0.3) is 11.0 Å². The van der Waals surface area contributed by atoms with Gasteiger partial charge in [0.25, 0.3) is 0 Å². The summed E-state index contributed by atoms with van der Waals surface area (Å²) in [6.07, 6.45) is 0. The minimum absolute atomic E-state index is 0.0347. The molecule has 0 aliphatic heterocycles. The Morgan fingerprint density at radius 3 is 2.31 bits per heavy atom. The molecule has 0 saturated carbocycles. The number of hydrogen-bond donors (Lipinski definition) is 2. The highest BCUT2D eigenvalue weighted by Crippen LogP contribution is 2.33. The number of rotatable bonds is 4. The number of nitrogens with one attached hydrogen (secondary N) is 2. The summed E-state index contributed by atoms with van der Waals surface area (Å²) in [7, 11) is 6.34. The van der Waals surface area contributed by atoms with Crippen molar-refractivity contribution in [2.75, 3.05) is 26.6 Å². The number of aromatic amines is 1. The first-order valence-electron chi connectivity index (χ1n) is 7.65. The number of nitro benzene ring substituents is 1. The third-order valence-electron chi connectivity index (χ3n) is 3.79. The summed E-state index contributed by atoms with van der Waals surface area (Å²) in [6, 6.07) is 10.4. The Morgan fingerprint density at radius 2 is 1.73 bits per heavy atom. The number of anilines is 1. The van der Waals surface area contributed by atoms with Gasteiger partial charge < -0.3 is 19.8 Å². The van der Waals surface area contributed by atoms with E-state index < -0.39 is 4.92 Å². The molecule has 0 fully saturated rings. The molecule has 1 aromatic heterocycles. The predicted octanol–water partition coefficient (Wildman–Crippen LogP) is 2.52. The first-order chi connectivity index (χ1) is 12.4. The zero-order valence-corrected chi connectivity index (χ0v) is 14.9. The SMILES string of the molecule is CNc1cccc(OC)c1[N+](=O)[O-].COc1cccc2c1[nH]c(=O)n2C. The number of para-hydroxylation sites is 2. The number of aromatic nitrogens is 2. The fraction of sp³-hybridized carbons (Fsp3) is 0.235. The Morgan fingerprint density at radius 1 is 1.12 bits per heavy atom. The Hall–Kier alpha value is -3.49. The lowest BCUT2D eigenvalue weighted by atomic mass is 10.2. The van der Waals surface area contributed by atoms with Crippen molar-refractivity contribution < 1.29 is 14.4 Å². The highest BCUT2D eigenvalue weighted by Gasteiger charge is 2.18. The maximum Gasteiger partial charge on any atom is 0.333 e. The van der Waals surface area contributed by atoms with Gasteiger partial charge in [-0.05, 0) is 24.3 Å². The molecule has 0 unspecified atom stereocenters. The second-order valence-corrected chi connectivity index (χ2v) is 5.21. The minimum Gasteiger partial charge on any atom is -0.494 e. The van der Waals surface area contributed by atoms with Crippen LogP contribution in [0.2, 0.25) is 0 Å². The lowest BCUT2D eigenvalue weighted by molar-refractivity contribution is -0.384. The summed E-state index contributed by atoms with van der Waals surface area (Å²) < 4.78 is 11.5. The van der Waals surface area contributed by atoms with Gasteiger partial charge in [-0.15, -0.1) is 0 Å². The van der Waals surface area contributed by atoms with E-state index in [9.17, 15) is 14.9 Å². The van der Waals surface area contributed by atoms with Crippen molar-refractivity contribution in [2.24, 2.45) is 7.05 Å². The van der Waals surface area contributed by atoms with Crippen LogP contribution in [-0.4, -0.2) is 35.7 Å². The molecule has 2 aromatic carbocycles. The van der Waals surface area contributed by atoms with E-state index in [1.807, 2.05) is 18.2 Å². The van der Waals surface area contributed by atoms with Crippen molar-refractivity contribution in [3.8, 4) is 11.5 Å². The van der Waals surface area contributed by atoms with Crippen molar-refractivity contribution in [1.29, 1.82) is 0 Å². The van der Waals surface area contributed by atoms with E-state index in [2.05, 4.69) is 10.3 Å². The van der Waals surface area contributed by atoms with Crippen LogP contribution in [0.15, 0.2) is 41.2 Å². The molecule has 9 nitrogen and oxygen atoms in total. The number of nitrogens with zero attached hydrogens (tertiary/aromatic N) is 2. The van der Waals surface area contributed by atoms with Crippen molar-refractivity contribution in [3.05, 3.63) is 57.0 Å². The summed E-state index contributed by atoms with van der Waals surface area (Å²) in [4.78, 5) is 24.2. The maximum atomic E-state index is 11.3. The average molecular weight is 360 g/mol. The number of hydrogen-bond acceptors (Lipinski definition) is 6. The molecule has 0 atom stereocenters. The molecular formula is C17H20N4O5. The molecule has 3 rings (SSSR count). The number of imidazole rings is 1. The molecule has 9 heteroatoms. The fourth-order valence-corrected chi connectivity index (χ4v) is 2.47. The largest absolute Gasteiger partial charge is 0.494 e. The predicted molar refractivity (Wildman–Crippen MR) is 99.3 cm³/mol. The van der Waals surface area contributed by atoms with Gasteiger partial charge in [0.2, 0.25) is 0 Å². The van der Waals surface area contributed by atoms with Gasteiger partial charge in [-0.2, -0.15) is 0 Å². The Bertz CT molecular complexity index is 955. The maximum absolute atomic E-state index is 11.3. The van der Waals surface area contributed by atoms with Crippen LogP contribution in [-0.2, 0) is 7.05 Å². The van der Waals surface area contributed by atoms with Gasteiger partial charge in [-0.25, -0.2) is 4.79 Å². The number of methoxy groups -OCH3 is 2. The summed E-state index contributed by atoms with van der Waals surface area (Å²) in [5.41, 5.74) is 1.89. The number of benzene rings is 2. The smallest absolute Gasteiger partial charge is 0.333 e. The highest BCUT2D eigenvalue weighted by molar-refractivity contribution is 5.81. The van der Waals surface area contributed by atoms with E-state index in [1.165, 1.54) is 7.11 Å². The van der Waals surface area contributed by atoms with E-state index in [4.69, 9.17) is 9.47 Å². The summed E-state index contributed by atoms with van der Waals surface area (Å²) in [5, 5.41) is 13.4. The van der Waals surface area contributed by atoms with Gasteiger partial charge in [0.15, 0.2) is 5.75 Å². The third kappa shape index (κ3) is 3.61. The molecule has 0 spiro atoms. The van der Waals surface area contributed by atoms with Gasteiger partial charge in [0.05, 0.1) is 24.7 Å². The molecule has 0 radical (unpaired) electrons. The van der Waals surface area contributed by atoms with Crippen molar-refractivity contribution in [1.82, 2.24) is 9.55 Å². The molecule has 0 saturated heterocycles. The van der Waals surface area contributed by atoms with Gasteiger partial charge >= 0.3 is 11.4 Å². The van der Waals surface area contributed by atoms with Gasteiger partial charge in [-0.3, -0.25) is 14.7 Å².